The van der Waals surface area contributed by atoms with Crippen molar-refractivity contribution in [3.8, 4) is 11.5 Å². The van der Waals surface area contributed by atoms with Gasteiger partial charge in [0.1, 0.15) is 11.3 Å². The van der Waals surface area contributed by atoms with Gasteiger partial charge in [-0.2, -0.15) is 0 Å². The van der Waals surface area contributed by atoms with E-state index >= 15 is 0 Å². The minimum Gasteiger partial charge on any atom is -0.505 e. The summed E-state index contributed by atoms with van der Waals surface area (Å²) in [5, 5.41) is 10.3. The van der Waals surface area contributed by atoms with Crippen LogP contribution in [-0.2, 0) is 10.0 Å². The van der Waals surface area contributed by atoms with Gasteiger partial charge in [0.25, 0.3) is 10.0 Å². The molecule has 0 aliphatic carbocycles. The van der Waals surface area contributed by atoms with Crippen molar-refractivity contribution < 1.29 is 23.1 Å². The number of phenols is 1. The lowest BCUT2D eigenvalue weighted by molar-refractivity contribution is 0.0731. The van der Waals surface area contributed by atoms with Crippen molar-refractivity contribution in [2.24, 2.45) is 0 Å². The number of carbonyl (C=O) groups is 1. The standard InChI is InChI=1S/C19H15NO5S/c21-18-16(19(22)25-14-8-3-1-4-9-14)12-7-13-17(18)20-26(23,24)15-10-5-2-6-11-15/h1-13,20-21H. The van der Waals surface area contributed by atoms with E-state index in [0.29, 0.717) is 5.75 Å². The number of hydrogen-bond acceptors (Lipinski definition) is 5. The number of hydrogen-bond donors (Lipinski definition) is 2. The largest absolute Gasteiger partial charge is 0.505 e. The van der Waals surface area contributed by atoms with Crippen LogP contribution in [0.2, 0.25) is 0 Å². The lowest BCUT2D eigenvalue weighted by Gasteiger charge is -2.12. The van der Waals surface area contributed by atoms with Gasteiger partial charge in [-0.25, -0.2) is 13.2 Å². The Hall–Kier alpha value is -3.32. The Bertz CT molecular complexity index is 1020. The lowest BCUT2D eigenvalue weighted by atomic mass is 10.2. The predicted octanol–water partition coefficient (Wildman–Crippen LogP) is 3.41. The molecule has 0 bridgehead atoms. The maximum Gasteiger partial charge on any atom is 0.347 e. The van der Waals surface area contributed by atoms with Crippen LogP contribution in [0.3, 0.4) is 0 Å². The Morgan fingerprint density at radius 2 is 1.46 bits per heavy atom. The Morgan fingerprint density at radius 1 is 0.846 bits per heavy atom. The highest BCUT2D eigenvalue weighted by atomic mass is 32.2. The van der Waals surface area contributed by atoms with Crippen LogP contribution in [0.15, 0.2) is 83.8 Å². The number of para-hydroxylation sites is 2. The second-order valence-corrected chi connectivity index (χ2v) is 7.01. The van der Waals surface area contributed by atoms with E-state index in [2.05, 4.69) is 4.72 Å². The summed E-state index contributed by atoms with van der Waals surface area (Å²) in [5.74, 6) is -0.991. The zero-order valence-electron chi connectivity index (χ0n) is 13.5. The first-order valence-corrected chi connectivity index (χ1v) is 9.13. The van der Waals surface area contributed by atoms with Gasteiger partial charge in [0.05, 0.1) is 10.6 Å². The smallest absolute Gasteiger partial charge is 0.347 e. The molecule has 0 heterocycles. The fourth-order valence-corrected chi connectivity index (χ4v) is 3.33. The van der Waals surface area contributed by atoms with Gasteiger partial charge in [0, 0.05) is 0 Å². The molecule has 0 unspecified atom stereocenters. The van der Waals surface area contributed by atoms with E-state index in [4.69, 9.17) is 4.74 Å². The Morgan fingerprint density at radius 3 is 2.12 bits per heavy atom. The van der Waals surface area contributed by atoms with Gasteiger partial charge < -0.3 is 9.84 Å². The Kier molecular flexibility index (Phi) is 4.90. The van der Waals surface area contributed by atoms with Gasteiger partial charge in [-0.15, -0.1) is 0 Å². The summed E-state index contributed by atoms with van der Waals surface area (Å²) < 4.78 is 32.2. The molecule has 7 heteroatoms. The van der Waals surface area contributed by atoms with Gasteiger partial charge in [-0.1, -0.05) is 42.5 Å². The van der Waals surface area contributed by atoms with Crippen LogP contribution in [0.25, 0.3) is 0 Å². The molecule has 0 amide bonds. The number of phenolic OH excluding ortho intramolecular Hbond substituents is 1. The molecular weight excluding hydrogens is 354 g/mol. The predicted molar refractivity (Wildman–Crippen MR) is 96.8 cm³/mol. The third-order valence-electron chi connectivity index (χ3n) is 3.51. The molecule has 132 valence electrons. The number of carbonyl (C=O) groups excluding carboxylic acids is 1. The summed E-state index contributed by atoms with van der Waals surface area (Å²) in [5.41, 5.74) is -0.265. The van der Waals surface area contributed by atoms with Crippen LogP contribution in [0.4, 0.5) is 5.69 Å². The Labute approximate surface area is 150 Å². The van der Waals surface area contributed by atoms with Crippen molar-refractivity contribution >= 4 is 21.7 Å². The maximum atomic E-state index is 12.4. The highest BCUT2D eigenvalue weighted by Crippen LogP contribution is 2.30. The van der Waals surface area contributed by atoms with Crippen LogP contribution < -0.4 is 9.46 Å². The maximum absolute atomic E-state index is 12.4. The van der Waals surface area contributed by atoms with E-state index in [1.165, 1.54) is 30.3 Å². The first-order valence-electron chi connectivity index (χ1n) is 7.64. The summed E-state index contributed by atoms with van der Waals surface area (Å²) in [4.78, 5) is 12.3. The molecule has 0 aliphatic rings. The Balaban J connectivity index is 1.87. The third kappa shape index (κ3) is 3.84. The van der Waals surface area contributed by atoms with E-state index in [1.807, 2.05) is 0 Å². The minimum atomic E-state index is -3.90. The molecule has 0 saturated carbocycles. The van der Waals surface area contributed by atoms with E-state index in [9.17, 15) is 18.3 Å². The van der Waals surface area contributed by atoms with Crippen LogP contribution in [0.5, 0.6) is 11.5 Å². The molecule has 0 radical (unpaired) electrons. The third-order valence-corrected chi connectivity index (χ3v) is 4.89. The van der Waals surface area contributed by atoms with Crippen molar-refractivity contribution in [3.05, 3.63) is 84.4 Å². The molecule has 2 N–H and O–H groups in total. The quantitative estimate of drug-likeness (QED) is 0.408. The number of benzene rings is 3. The fourth-order valence-electron chi connectivity index (χ4n) is 2.24. The summed E-state index contributed by atoms with van der Waals surface area (Å²) in [6.07, 6.45) is 0. The molecule has 0 spiro atoms. The topological polar surface area (TPSA) is 92.7 Å². The van der Waals surface area contributed by atoms with Crippen molar-refractivity contribution in [3.63, 3.8) is 0 Å². The van der Waals surface area contributed by atoms with Gasteiger partial charge in [0.2, 0.25) is 0 Å². The van der Waals surface area contributed by atoms with E-state index in [0.717, 1.165) is 0 Å². The molecule has 0 atom stereocenters. The second-order valence-electron chi connectivity index (χ2n) is 5.32. The van der Waals surface area contributed by atoms with Crippen molar-refractivity contribution in [2.75, 3.05) is 4.72 Å². The van der Waals surface area contributed by atoms with Gasteiger partial charge in [0.15, 0.2) is 5.75 Å². The minimum absolute atomic E-state index is 0.0386. The van der Waals surface area contributed by atoms with Gasteiger partial charge >= 0.3 is 5.97 Å². The van der Waals surface area contributed by atoms with Gasteiger partial charge in [-0.3, -0.25) is 4.72 Å². The number of esters is 1. The molecule has 3 aromatic rings. The first kappa shape index (κ1) is 17.5. The zero-order valence-corrected chi connectivity index (χ0v) is 14.3. The average Bonchev–Trinajstić information content (AvgIpc) is 2.65. The average molecular weight is 369 g/mol. The number of sulfonamides is 1. The summed E-state index contributed by atoms with van der Waals surface area (Å²) >= 11 is 0. The number of anilines is 1. The number of ether oxygens (including phenoxy) is 1. The molecular formula is C19H15NO5S. The number of aromatic hydroxyl groups is 1. The number of nitrogens with one attached hydrogen (secondary N) is 1. The second kappa shape index (κ2) is 7.28. The lowest BCUT2D eigenvalue weighted by Crippen LogP contribution is -2.14. The molecule has 0 fully saturated rings. The van der Waals surface area contributed by atoms with Crippen LogP contribution in [0, 0.1) is 0 Å². The molecule has 3 aromatic carbocycles. The first-order chi connectivity index (χ1) is 12.5. The van der Waals surface area contributed by atoms with Crippen LogP contribution >= 0.6 is 0 Å². The molecule has 0 saturated heterocycles. The van der Waals surface area contributed by atoms with Crippen molar-refractivity contribution in [2.45, 2.75) is 4.90 Å². The van der Waals surface area contributed by atoms with Gasteiger partial charge in [-0.05, 0) is 36.4 Å². The van der Waals surface area contributed by atoms with Crippen LogP contribution in [0.1, 0.15) is 10.4 Å². The molecule has 26 heavy (non-hydrogen) atoms. The monoisotopic (exact) mass is 369 g/mol. The fraction of sp³-hybridized carbons (Fsp3) is 0. The van der Waals surface area contributed by atoms with Crippen LogP contribution in [-0.4, -0.2) is 19.5 Å². The summed E-state index contributed by atoms with van der Waals surface area (Å²) in [7, 11) is -3.90. The molecule has 6 nitrogen and oxygen atoms in total. The zero-order chi connectivity index (χ0) is 18.6. The van der Waals surface area contributed by atoms with E-state index in [1.54, 1.807) is 48.5 Å². The highest BCUT2D eigenvalue weighted by Gasteiger charge is 2.20. The van der Waals surface area contributed by atoms with E-state index < -0.39 is 21.7 Å². The highest BCUT2D eigenvalue weighted by molar-refractivity contribution is 7.92. The molecule has 0 aliphatic heterocycles. The molecule has 0 aromatic heterocycles. The summed E-state index contributed by atoms with van der Waals surface area (Å²) in [6.45, 7) is 0. The van der Waals surface area contributed by atoms with E-state index in [-0.39, 0.29) is 16.1 Å². The number of rotatable bonds is 5. The van der Waals surface area contributed by atoms with Crippen molar-refractivity contribution in [1.29, 1.82) is 0 Å². The SMILES string of the molecule is O=C(Oc1ccccc1)c1cccc(NS(=O)(=O)c2ccccc2)c1O. The molecule has 3 rings (SSSR count). The normalized spacial score (nSPS) is 10.9. The summed E-state index contributed by atoms with van der Waals surface area (Å²) in [6, 6.07) is 20.2. The van der Waals surface area contributed by atoms with Crippen molar-refractivity contribution in [1.82, 2.24) is 0 Å².